The number of anilines is 1. The van der Waals surface area contributed by atoms with Gasteiger partial charge in [0.15, 0.2) is 10.9 Å². The Hall–Kier alpha value is -2.41. The van der Waals surface area contributed by atoms with Crippen LogP contribution in [-0.4, -0.2) is 38.2 Å². The first-order valence-electron chi connectivity index (χ1n) is 8.55. The highest BCUT2D eigenvalue weighted by Gasteiger charge is 2.25. The van der Waals surface area contributed by atoms with Crippen LogP contribution in [0.5, 0.6) is 0 Å². The summed E-state index contributed by atoms with van der Waals surface area (Å²) in [7, 11) is 0. The molecule has 2 aromatic rings. The summed E-state index contributed by atoms with van der Waals surface area (Å²) < 4.78 is 1.94. The van der Waals surface area contributed by atoms with Gasteiger partial charge in [0.05, 0.1) is 5.25 Å². The number of rotatable bonds is 6. The smallest absolute Gasteiger partial charge is 0.223 e. The minimum atomic E-state index is -0.287. The molecule has 1 aliphatic rings. The fourth-order valence-electron chi connectivity index (χ4n) is 3.12. The molecular weight excluding hydrogens is 348 g/mol. The number of Topliss-reactive ketones (excluding diaryl/α,β-unsaturated/α-hetero) is 1. The van der Waals surface area contributed by atoms with Crippen LogP contribution >= 0.6 is 11.8 Å². The van der Waals surface area contributed by atoms with Crippen molar-refractivity contribution in [2.75, 3.05) is 11.4 Å². The van der Waals surface area contributed by atoms with Gasteiger partial charge < -0.3 is 9.47 Å². The monoisotopic (exact) mass is 370 g/mol. The van der Waals surface area contributed by atoms with Crippen LogP contribution in [0, 0.1) is 6.92 Å². The Morgan fingerprint density at radius 3 is 2.85 bits per heavy atom. The van der Waals surface area contributed by atoms with E-state index in [1.54, 1.807) is 24.0 Å². The number of hydrogen-bond acceptors (Lipinski definition) is 5. The second kappa shape index (κ2) is 7.45. The first-order chi connectivity index (χ1) is 12.4. The molecular formula is C19H22N4O2S. The molecule has 1 aliphatic heterocycles. The van der Waals surface area contributed by atoms with Crippen molar-refractivity contribution < 1.29 is 9.59 Å². The molecule has 26 heavy (non-hydrogen) atoms. The van der Waals surface area contributed by atoms with Crippen LogP contribution in [0.25, 0.3) is 0 Å². The summed E-state index contributed by atoms with van der Waals surface area (Å²) in [5, 5.41) is 8.69. The van der Waals surface area contributed by atoms with Gasteiger partial charge in [0.2, 0.25) is 5.91 Å². The predicted octanol–water partition coefficient (Wildman–Crippen LogP) is 3.05. The standard InChI is InChI=1S/C19H22N4O2S/c1-5-9-22-13(3)20-21-19(22)26-12(2)18(25)16-6-7-17-15(11-16)8-10-23(17)14(4)24/h5-7,11-12H,1,8-10H2,2-4H3/t12-/m0/s1. The van der Waals surface area contributed by atoms with Crippen molar-refractivity contribution in [1.82, 2.24) is 14.8 Å². The molecule has 2 heterocycles. The number of nitrogens with zero attached hydrogens (tertiary/aromatic N) is 4. The highest BCUT2D eigenvalue weighted by Crippen LogP contribution is 2.31. The zero-order valence-corrected chi connectivity index (χ0v) is 16.0. The first kappa shape index (κ1) is 18.4. The van der Waals surface area contributed by atoms with Gasteiger partial charge in [0, 0.05) is 31.3 Å². The van der Waals surface area contributed by atoms with Crippen LogP contribution in [0.3, 0.4) is 0 Å². The Morgan fingerprint density at radius 1 is 1.38 bits per heavy atom. The summed E-state index contributed by atoms with van der Waals surface area (Å²) in [5.41, 5.74) is 2.63. The van der Waals surface area contributed by atoms with Crippen molar-refractivity contribution in [2.24, 2.45) is 0 Å². The molecule has 0 unspecified atom stereocenters. The van der Waals surface area contributed by atoms with Gasteiger partial charge in [0.1, 0.15) is 5.82 Å². The van der Waals surface area contributed by atoms with E-state index in [0.717, 1.165) is 23.5 Å². The van der Waals surface area contributed by atoms with E-state index in [-0.39, 0.29) is 16.9 Å². The Bertz CT molecular complexity index is 874. The molecule has 0 spiro atoms. The Labute approximate surface area is 157 Å². The lowest BCUT2D eigenvalue weighted by molar-refractivity contribution is -0.116. The minimum Gasteiger partial charge on any atom is -0.312 e. The summed E-state index contributed by atoms with van der Waals surface area (Å²) in [6, 6.07) is 5.59. The maximum Gasteiger partial charge on any atom is 0.223 e. The second-order valence-electron chi connectivity index (χ2n) is 6.32. The van der Waals surface area contributed by atoms with Crippen LogP contribution in [0.2, 0.25) is 0 Å². The Morgan fingerprint density at radius 2 is 2.15 bits per heavy atom. The average molecular weight is 370 g/mol. The average Bonchev–Trinajstić information content (AvgIpc) is 3.19. The fourth-order valence-corrected chi connectivity index (χ4v) is 4.10. The number of hydrogen-bond donors (Lipinski definition) is 0. The maximum absolute atomic E-state index is 12.9. The molecule has 7 heteroatoms. The quantitative estimate of drug-likeness (QED) is 0.444. The second-order valence-corrected chi connectivity index (χ2v) is 7.63. The molecule has 1 aromatic carbocycles. The van der Waals surface area contributed by atoms with Crippen molar-refractivity contribution in [2.45, 2.75) is 44.1 Å². The minimum absolute atomic E-state index is 0.0312. The Balaban J connectivity index is 1.78. The van der Waals surface area contributed by atoms with E-state index < -0.39 is 0 Å². The van der Waals surface area contributed by atoms with Crippen molar-refractivity contribution in [1.29, 1.82) is 0 Å². The van der Waals surface area contributed by atoms with Gasteiger partial charge in [-0.05, 0) is 44.0 Å². The molecule has 1 aromatic heterocycles. The third kappa shape index (κ3) is 3.44. The normalized spacial score (nSPS) is 14.2. The van der Waals surface area contributed by atoms with Crippen LogP contribution in [0.1, 0.15) is 35.6 Å². The highest BCUT2D eigenvalue weighted by molar-refractivity contribution is 8.00. The van der Waals surface area contributed by atoms with Crippen LogP contribution in [0.15, 0.2) is 36.0 Å². The first-order valence-corrected chi connectivity index (χ1v) is 9.43. The largest absolute Gasteiger partial charge is 0.312 e. The predicted molar refractivity (Wildman–Crippen MR) is 103 cm³/mol. The SMILES string of the molecule is C=CCn1c(C)nnc1S[C@@H](C)C(=O)c1ccc2c(c1)CCN2C(C)=O. The summed E-state index contributed by atoms with van der Waals surface area (Å²) in [5.74, 6) is 0.877. The van der Waals surface area contributed by atoms with Gasteiger partial charge >= 0.3 is 0 Å². The number of aromatic nitrogens is 3. The van der Waals surface area contributed by atoms with Gasteiger partial charge in [-0.2, -0.15) is 0 Å². The molecule has 3 rings (SSSR count). The number of amides is 1. The lowest BCUT2D eigenvalue weighted by atomic mass is 10.0. The number of fused-ring (bicyclic) bond motifs is 1. The number of aryl methyl sites for hydroxylation is 1. The van der Waals surface area contributed by atoms with E-state index in [9.17, 15) is 9.59 Å². The molecule has 0 radical (unpaired) electrons. The lowest BCUT2D eigenvalue weighted by Gasteiger charge is -2.15. The number of carbonyl (C=O) groups excluding carboxylic acids is 2. The third-order valence-corrected chi connectivity index (χ3v) is 5.59. The van der Waals surface area contributed by atoms with Crippen molar-refractivity contribution in [3.05, 3.63) is 47.8 Å². The maximum atomic E-state index is 12.9. The lowest BCUT2D eigenvalue weighted by Crippen LogP contribution is -2.25. The van der Waals surface area contributed by atoms with Crippen LogP contribution in [-0.2, 0) is 17.8 Å². The molecule has 0 fully saturated rings. The summed E-state index contributed by atoms with van der Waals surface area (Å²) in [4.78, 5) is 26.3. The number of ketones is 1. The highest BCUT2D eigenvalue weighted by atomic mass is 32.2. The number of allylic oxidation sites excluding steroid dienone is 1. The van der Waals surface area contributed by atoms with E-state index in [2.05, 4.69) is 16.8 Å². The Kier molecular flexibility index (Phi) is 5.27. The number of thioether (sulfide) groups is 1. The molecule has 6 nitrogen and oxygen atoms in total. The topological polar surface area (TPSA) is 68.1 Å². The molecule has 0 bridgehead atoms. The molecule has 0 saturated carbocycles. The molecule has 0 saturated heterocycles. The third-order valence-electron chi connectivity index (χ3n) is 4.50. The van der Waals surface area contributed by atoms with Crippen molar-refractivity contribution in [3.63, 3.8) is 0 Å². The van der Waals surface area contributed by atoms with Crippen molar-refractivity contribution in [3.8, 4) is 0 Å². The van der Waals surface area contributed by atoms with Crippen LogP contribution in [0.4, 0.5) is 5.69 Å². The van der Waals surface area contributed by atoms with E-state index in [0.29, 0.717) is 23.8 Å². The summed E-state index contributed by atoms with van der Waals surface area (Å²) in [6.45, 7) is 10.4. The molecule has 136 valence electrons. The number of carbonyl (C=O) groups is 2. The number of benzene rings is 1. The van der Waals surface area contributed by atoms with Crippen LogP contribution < -0.4 is 4.90 Å². The van der Waals surface area contributed by atoms with E-state index in [4.69, 9.17) is 0 Å². The van der Waals surface area contributed by atoms with E-state index in [1.165, 1.54) is 11.8 Å². The van der Waals surface area contributed by atoms with Gasteiger partial charge in [-0.3, -0.25) is 9.59 Å². The fraction of sp³-hybridized carbons (Fsp3) is 0.368. The molecule has 1 amide bonds. The van der Waals surface area contributed by atoms with Gasteiger partial charge in [0.25, 0.3) is 0 Å². The zero-order valence-electron chi connectivity index (χ0n) is 15.2. The van der Waals surface area contributed by atoms with Gasteiger partial charge in [-0.25, -0.2) is 0 Å². The van der Waals surface area contributed by atoms with Gasteiger partial charge in [-0.15, -0.1) is 16.8 Å². The van der Waals surface area contributed by atoms with Gasteiger partial charge in [-0.1, -0.05) is 17.8 Å². The molecule has 0 aliphatic carbocycles. The van der Waals surface area contributed by atoms with E-state index >= 15 is 0 Å². The van der Waals surface area contributed by atoms with Crippen molar-refractivity contribution >= 4 is 29.1 Å². The molecule has 1 atom stereocenters. The van der Waals surface area contributed by atoms with E-state index in [1.807, 2.05) is 30.5 Å². The molecule has 0 N–H and O–H groups in total. The summed E-state index contributed by atoms with van der Waals surface area (Å²) in [6.07, 6.45) is 2.57. The summed E-state index contributed by atoms with van der Waals surface area (Å²) >= 11 is 1.40. The zero-order chi connectivity index (χ0) is 18.8.